The number of rotatable bonds is 5. The first-order valence-corrected chi connectivity index (χ1v) is 9.90. The van der Waals surface area contributed by atoms with Crippen molar-refractivity contribution in [2.24, 2.45) is 0 Å². The topological polar surface area (TPSA) is 92.8 Å². The number of amides is 1. The predicted molar refractivity (Wildman–Crippen MR) is 99.2 cm³/mol. The summed E-state index contributed by atoms with van der Waals surface area (Å²) in [6.07, 6.45) is -0.338. The average Bonchev–Trinajstić information content (AvgIpc) is 2.70. The van der Waals surface area contributed by atoms with E-state index in [0.29, 0.717) is 5.56 Å². The first-order chi connectivity index (χ1) is 12.9. The normalized spacial score (nSPS) is 18.0. The molecule has 2 aromatic rings. The summed E-state index contributed by atoms with van der Waals surface area (Å²) in [6, 6.07) is 14.6. The molecular weight excluding hydrogens is 368 g/mol. The molecule has 7 nitrogen and oxygen atoms in total. The van der Waals surface area contributed by atoms with Crippen molar-refractivity contribution in [1.82, 2.24) is 9.62 Å². The fourth-order valence-electron chi connectivity index (χ4n) is 3.09. The lowest BCUT2D eigenvalue weighted by Crippen LogP contribution is -2.57. The summed E-state index contributed by atoms with van der Waals surface area (Å²) < 4.78 is 32.5. The third-order valence-corrected chi connectivity index (χ3v) is 6.39. The van der Waals surface area contributed by atoms with E-state index in [4.69, 9.17) is 0 Å². The highest BCUT2D eigenvalue weighted by Gasteiger charge is 2.40. The van der Waals surface area contributed by atoms with E-state index in [2.05, 4.69) is 10.1 Å². The zero-order valence-corrected chi connectivity index (χ0v) is 15.6. The highest BCUT2D eigenvalue weighted by molar-refractivity contribution is 7.89. The summed E-state index contributed by atoms with van der Waals surface area (Å²) >= 11 is 0. The summed E-state index contributed by atoms with van der Waals surface area (Å²) in [6.45, 7) is 0.266. The van der Waals surface area contributed by atoms with Crippen LogP contribution in [0.3, 0.4) is 0 Å². The van der Waals surface area contributed by atoms with E-state index in [-0.39, 0.29) is 24.4 Å². The SMILES string of the molecule is COC(=O)C[C@H]1C(=O)NCCN1S(=O)(=O)c1ccccc1-c1ccccc1. The number of piperazine rings is 1. The molecule has 0 aromatic heterocycles. The van der Waals surface area contributed by atoms with Crippen LogP contribution >= 0.6 is 0 Å². The molecule has 3 rings (SSSR count). The number of benzene rings is 2. The minimum Gasteiger partial charge on any atom is -0.469 e. The molecule has 0 spiro atoms. The number of esters is 1. The first kappa shape index (κ1) is 19.1. The zero-order valence-electron chi connectivity index (χ0n) is 14.8. The minimum absolute atomic E-state index is 0.0822. The highest BCUT2D eigenvalue weighted by atomic mass is 32.2. The number of hydrogen-bond donors (Lipinski definition) is 1. The third kappa shape index (κ3) is 3.86. The van der Waals surface area contributed by atoms with Crippen molar-refractivity contribution < 1.29 is 22.7 Å². The van der Waals surface area contributed by atoms with E-state index in [1.807, 2.05) is 30.3 Å². The van der Waals surface area contributed by atoms with Crippen LogP contribution in [-0.2, 0) is 24.3 Å². The molecule has 27 heavy (non-hydrogen) atoms. The van der Waals surface area contributed by atoms with Gasteiger partial charge < -0.3 is 10.1 Å². The van der Waals surface area contributed by atoms with Gasteiger partial charge in [0, 0.05) is 18.7 Å². The van der Waals surface area contributed by atoms with E-state index in [1.165, 1.54) is 13.2 Å². The number of carbonyl (C=O) groups is 2. The fraction of sp³-hybridized carbons (Fsp3) is 0.263. The number of nitrogens with zero attached hydrogens (tertiary/aromatic N) is 1. The maximum atomic E-state index is 13.4. The van der Waals surface area contributed by atoms with Crippen molar-refractivity contribution in [3.63, 3.8) is 0 Å². The average molecular weight is 388 g/mol. The quantitative estimate of drug-likeness (QED) is 0.782. The minimum atomic E-state index is -4.01. The summed E-state index contributed by atoms with van der Waals surface area (Å²) in [5.74, 6) is -1.15. The first-order valence-electron chi connectivity index (χ1n) is 8.46. The maximum absolute atomic E-state index is 13.4. The van der Waals surface area contributed by atoms with Crippen molar-refractivity contribution in [2.45, 2.75) is 17.4 Å². The van der Waals surface area contributed by atoms with Crippen LogP contribution in [0.15, 0.2) is 59.5 Å². The van der Waals surface area contributed by atoms with Crippen LogP contribution in [0.2, 0.25) is 0 Å². The van der Waals surface area contributed by atoms with Crippen molar-refractivity contribution >= 4 is 21.9 Å². The van der Waals surface area contributed by atoms with E-state index in [9.17, 15) is 18.0 Å². The molecule has 1 aliphatic heterocycles. The van der Waals surface area contributed by atoms with Gasteiger partial charge in [0.25, 0.3) is 0 Å². The maximum Gasteiger partial charge on any atom is 0.307 e. The van der Waals surface area contributed by atoms with Crippen molar-refractivity contribution in [2.75, 3.05) is 20.2 Å². The number of methoxy groups -OCH3 is 1. The predicted octanol–water partition coefficient (Wildman–Crippen LogP) is 1.41. The van der Waals surface area contributed by atoms with Crippen molar-refractivity contribution in [3.8, 4) is 11.1 Å². The zero-order chi connectivity index (χ0) is 19.4. The van der Waals surface area contributed by atoms with E-state index in [0.717, 1.165) is 9.87 Å². The molecule has 1 saturated heterocycles. The standard InChI is InChI=1S/C19H20N2O5S/c1-26-18(22)13-16-19(23)20-11-12-21(16)27(24,25)17-10-6-5-9-15(17)14-7-3-2-4-8-14/h2-10,16H,11-13H2,1H3,(H,20,23)/t16-/m0/s1. The largest absolute Gasteiger partial charge is 0.469 e. The van der Waals surface area contributed by atoms with E-state index in [1.54, 1.807) is 18.2 Å². The van der Waals surface area contributed by atoms with Gasteiger partial charge in [0.1, 0.15) is 6.04 Å². The van der Waals surface area contributed by atoms with Crippen molar-refractivity contribution in [3.05, 3.63) is 54.6 Å². The Kier molecular flexibility index (Phi) is 5.57. The van der Waals surface area contributed by atoms with Crippen molar-refractivity contribution in [1.29, 1.82) is 0 Å². The van der Waals surface area contributed by atoms with Gasteiger partial charge in [-0.2, -0.15) is 4.31 Å². The van der Waals surface area contributed by atoms with Gasteiger partial charge >= 0.3 is 5.97 Å². The van der Waals surface area contributed by atoms with Gasteiger partial charge in [0.05, 0.1) is 18.4 Å². The van der Waals surface area contributed by atoms with Gasteiger partial charge in [-0.05, 0) is 11.6 Å². The van der Waals surface area contributed by atoms with Gasteiger partial charge in [0.2, 0.25) is 15.9 Å². The molecule has 0 saturated carbocycles. The summed E-state index contributed by atoms with van der Waals surface area (Å²) in [4.78, 5) is 24.1. The van der Waals surface area contributed by atoms with Gasteiger partial charge in [-0.1, -0.05) is 48.5 Å². The number of sulfonamides is 1. The Labute approximate surface area is 158 Å². The molecule has 0 radical (unpaired) electrons. The van der Waals surface area contributed by atoms with Gasteiger partial charge in [-0.15, -0.1) is 0 Å². The summed E-state index contributed by atoms with van der Waals surface area (Å²) in [5.41, 5.74) is 1.29. The van der Waals surface area contributed by atoms with Crippen LogP contribution in [-0.4, -0.2) is 50.8 Å². The number of carbonyl (C=O) groups excluding carboxylic acids is 2. The molecule has 1 atom stereocenters. The fourth-order valence-corrected chi connectivity index (χ4v) is 4.90. The molecule has 0 aliphatic carbocycles. The van der Waals surface area contributed by atoms with Crippen LogP contribution in [0, 0.1) is 0 Å². The number of ether oxygens (including phenoxy) is 1. The molecule has 1 aliphatic rings. The molecule has 1 heterocycles. The third-order valence-electron chi connectivity index (χ3n) is 4.43. The monoisotopic (exact) mass is 388 g/mol. The Morgan fingerprint density at radius 3 is 2.52 bits per heavy atom. The lowest BCUT2D eigenvalue weighted by molar-refractivity contribution is -0.144. The Hall–Kier alpha value is -2.71. The van der Waals surface area contributed by atoms with Crippen LogP contribution < -0.4 is 5.32 Å². The summed E-state index contributed by atoms with van der Waals surface area (Å²) in [7, 11) is -2.81. The molecule has 0 unspecified atom stereocenters. The van der Waals surface area contributed by atoms with Gasteiger partial charge in [0.15, 0.2) is 0 Å². The molecule has 1 amide bonds. The van der Waals surface area contributed by atoms with E-state index >= 15 is 0 Å². The molecule has 0 bridgehead atoms. The van der Waals surface area contributed by atoms with Gasteiger partial charge in [-0.3, -0.25) is 9.59 Å². The van der Waals surface area contributed by atoms with Crippen LogP contribution in [0.25, 0.3) is 11.1 Å². The Bertz CT molecular complexity index is 944. The molecular formula is C19H20N2O5S. The van der Waals surface area contributed by atoms with Crippen LogP contribution in [0.4, 0.5) is 0 Å². The molecule has 1 N–H and O–H groups in total. The highest BCUT2D eigenvalue weighted by Crippen LogP contribution is 2.31. The number of nitrogens with one attached hydrogen (secondary N) is 1. The molecule has 2 aromatic carbocycles. The lowest BCUT2D eigenvalue weighted by atomic mass is 10.1. The van der Waals surface area contributed by atoms with Gasteiger partial charge in [-0.25, -0.2) is 8.42 Å². The Balaban J connectivity index is 2.05. The lowest BCUT2D eigenvalue weighted by Gasteiger charge is -2.33. The van der Waals surface area contributed by atoms with Crippen LogP contribution in [0.1, 0.15) is 6.42 Å². The second kappa shape index (κ2) is 7.89. The molecule has 142 valence electrons. The smallest absolute Gasteiger partial charge is 0.307 e. The summed E-state index contributed by atoms with van der Waals surface area (Å²) in [5, 5.41) is 2.61. The molecule has 8 heteroatoms. The van der Waals surface area contributed by atoms with Crippen LogP contribution in [0.5, 0.6) is 0 Å². The van der Waals surface area contributed by atoms with E-state index < -0.39 is 27.9 Å². The second-order valence-corrected chi connectivity index (χ2v) is 7.92. The Morgan fingerprint density at radius 1 is 1.15 bits per heavy atom. The number of hydrogen-bond acceptors (Lipinski definition) is 5. The second-order valence-electron chi connectivity index (χ2n) is 6.07. The molecule has 1 fully saturated rings. The Morgan fingerprint density at radius 2 is 1.81 bits per heavy atom.